The van der Waals surface area contributed by atoms with Crippen LogP contribution in [0.5, 0.6) is 0 Å². The number of unbranched alkanes of at least 4 members (excludes halogenated alkanes) is 2. The fourth-order valence-electron chi connectivity index (χ4n) is 2.63. The average molecular weight is 343 g/mol. The van der Waals surface area contributed by atoms with E-state index < -0.39 is 8.24 Å². The van der Waals surface area contributed by atoms with Gasteiger partial charge in [0.25, 0.3) is 0 Å². The molecule has 134 valence electrons. The standard InChI is InChI=1S/C17H34N2O3Si/c1-17(2,3)23(4,5)18-16(22)14-10-9-12-19(14)15(21)11-7-6-8-13-20/h14,20H,6-13H2,1-5H3,(H,18,22)/t14-/m0/s1. The van der Waals surface area contributed by atoms with E-state index in [-0.39, 0.29) is 29.5 Å². The number of hydrogen-bond donors (Lipinski definition) is 2. The molecule has 6 heteroatoms. The van der Waals surface area contributed by atoms with Gasteiger partial charge in [0.2, 0.25) is 11.8 Å². The van der Waals surface area contributed by atoms with Crippen molar-refractivity contribution in [2.24, 2.45) is 0 Å². The highest BCUT2D eigenvalue weighted by Gasteiger charge is 2.41. The fourth-order valence-corrected chi connectivity index (χ4v) is 3.78. The number of nitrogens with zero attached hydrogens (tertiary/aromatic N) is 1. The van der Waals surface area contributed by atoms with Gasteiger partial charge in [-0.3, -0.25) is 9.59 Å². The van der Waals surface area contributed by atoms with Gasteiger partial charge in [0, 0.05) is 19.6 Å². The second-order valence-electron chi connectivity index (χ2n) is 8.14. The molecule has 5 nitrogen and oxygen atoms in total. The molecule has 0 aliphatic carbocycles. The molecular formula is C17H34N2O3Si. The van der Waals surface area contributed by atoms with Gasteiger partial charge in [-0.25, -0.2) is 0 Å². The van der Waals surface area contributed by atoms with E-state index in [4.69, 9.17) is 5.11 Å². The van der Waals surface area contributed by atoms with Gasteiger partial charge in [-0.05, 0) is 30.7 Å². The second-order valence-corrected chi connectivity index (χ2v) is 13.1. The van der Waals surface area contributed by atoms with Crippen molar-refractivity contribution in [2.45, 2.75) is 83.5 Å². The zero-order valence-corrected chi connectivity index (χ0v) is 16.4. The maximum Gasteiger partial charge on any atom is 0.235 e. The number of carbonyl (C=O) groups is 2. The summed E-state index contributed by atoms with van der Waals surface area (Å²) in [5.41, 5.74) is 0. The Kier molecular flexibility index (Phi) is 7.26. The van der Waals surface area contributed by atoms with Gasteiger partial charge in [-0.1, -0.05) is 40.3 Å². The zero-order valence-electron chi connectivity index (χ0n) is 15.4. The predicted molar refractivity (Wildman–Crippen MR) is 95.6 cm³/mol. The average Bonchev–Trinajstić information content (AvgIpc) is 2.91. The molecule has 2 amide bonds. The summed E-state index contributed by atoms with van der Waals surface area (Å²) in [6, 6.07) is -0.297. The summed E-state index contributed by atoms with van der Waals surface area (Å²) in [5, 5.41) is 8.87. The molecule has 23 heavy (non-hydrogen) atoms. The number of nitrogens with one attached hydrogen (secondary N) is 1. The van der Waals surface area contributed by atoms with Gasteiger partial charge in [0.15, 0.2) is 8.24 Å². The van der Waals surface area contributed by atoms with Crippen molar-refractivity contribution < 1.29 is 14.7 Å². The highest BCUT2D eigenvalue weighted by molar-refractivity contribution is 6.79. The monoisotopic (exact) mass is 342 g/mol. The highest BCUT2D eigenvalue weighted by atomic mass is 28.3. The molecule has 1 aliphatic heterocycles. The van der Waals surface area contributed by atoms with E-state index in [9.17, 15) is 9.59 Å². The van der Waals surface area contributed by atoms with Crippen LogP contribution in [-0.4, -0.2) is 49.2 Å². The molecule has 0 aromatic heterocycles. The van der Waals surface area contributed by atoms with Crippen LogP contribution in [0.4, 0.5) is 0 Å². The molecule has 1 atom stereocenters. The topological polar surface area (TPSA) is 69.6 Å². The quantitative estimate of drug-likeness (QED) is 0.552. The molecule has 0 saturated carbocycles. The van der Waals surface area contributed by atoms with E-state index >= 15 is 0 Å². The van der Waals surface area contributed by atoms with Gasteiger partial charge in [0.05, 0.1) is 0 Å². The summed E-state index contributed by atoms with van der Waals surface area (Å²) in [7, 11) is -1.90. The molecule has 0 unspecified atom stereocenters. The molecule has 1 saturated heterocycles. The number of aliphatic hydroxyl groups excluding tert-OH is 1. The van der Waals surface area contributed by atoms with E-state index in [1.54, 1.807) is 4.90 Å². The number of hydrogen-bond acceptors (Lipinski definition) is 3. The molecule has 1 fully saturated rings. The summed E-state index contributed by atoms with van der Waals surface area (Å²) in [6.07, 6.45) is 4.52. The van der Waals surface area contributed by atoms with Gasteiger partial charge in [0.1, 0.15) is 6.04 Å². The summed E-state index contributed by atoms with van der Waals surface area (Å²) in [4.78, 5) is 30.1. The van der Waals surface area contributed by atoms with Crippen molar-refractivity contribution in [3.8, 4) is 0 Å². The normalized spacial score (nSPS) is 19.0. The molecule has 0 radical (unpaired) electrons. The van der Waals surface area contributed by atoms with Crippen molar-refractivity contribution in [3.05, 3.63) is 0 Å². The Morgan fingerprint density at radius 3 is 2.43 bits per heavy atom. The molecule has 0 aromatic carbocycles. The van der Waals surface area contributed by atoms with E-state index in [1.165, 1.54) is 0 Å². The number of aliphatic hydroxyl groups is 1. The van der Waals surface area contributed by atoms with Crippen LogP contribution in [0.25, 0.3) is 0 Å². The molecule has 1 rings (SSSR count). The fraction of sp³-hybridized carbons (Fsp3) is 0.882. The predicted octanol–water partition coefficient (Wildman–Crippen LogP) is 2.65. The second kappa shape index (κ2) is 8.28. The number of likely N-dealkylation sites (tertiary alicyclic amines) is 1. The summed E-state index contributed by atoms with van der Waals surface area (Å²) in [6.45, 7) is 11.7. The van der Waals surface area contributed by atoms with Crippen molar-refractivity contribution in [1.29, 1.82) is 0 Å². The van der Waals surface area contributed by atoms with E-state index in [0.717, 1.165) is 32.1 Å². The van der Waals surface area contributed by atoms with Crippen LogP contribution in [-0.2, 0) is 9.59 Å². The number of rotatable bonds is 7. The Labute approximate surface area is 141 Å². The first-order chi connectivity index (χ1) is 10.6. The molecule has 1 heterocycles. The lowest BCUT2D eigenvalue weighted by molar-refractivity contribution is -0.138. The first-order valence-electron chi connectivity index (χ1n) is 8.82. The van der Waals surface area contributed by atoms with E-state index in [1.807, 2.05) is 0 Å². The lowest BCUT2D eigenvalue weighted by atomic mass is 10.1. The minimum atomic E-state index is -1.90. The van der Waals surface area contributed by atoms with E-state index in [0.29, 0.717) is 13.0 Å². The van der Waals surface area contributed by atoms with Crippen molar-refractivity contribution >= 4 is 20.0 Å². The van der Waals surface area contributed by atoms with Gasteiger partial charge < -0.3 is 15.0 Å². The van der Waals surface area contributed by atoms with Gasteiger partial charge in [-0.15, -0.1) is 0 Å². The maximum absolute atomic E-state index is 12.7. The number of carbonyl (C=O) groups excluding carboxylic acids is 2. The summed E-state index contributed by atoms with van der Waals surface area (Å²) in [5.74, 6) is 0.105. The van der Waals surface area contributed by atoms with E-state index in [2.05, 4.69) is 38.8 Å². The van der Waals surface area contributed by atoms with Crippen LogP contribution < -0.4 is 4.98 Å². The lowest BCUT2D eigenvalue weighted by Gasteiger charge is -2.38. The molecule has 1 aliphatic rings. The number of amides is 2. The Balaban J connectivity index is 2.60. The Morgan fingerprint density at radius 1 is 1.22 bits per heavy atom. The first kappa shape index (κ1) is 20.2. The summed E-state index contributed by atoms with van der Waals surface area (Å²) >= 11 is 0. The van der Waals surface area contributed by atoms with Crippen LogP contribution in [0.2, 0.25) is 18.1 Å². The highest BCUT2D eigenvalue weighted by Crippen LogP contribution is 2.34. The lowest BCUT2D eigenvalue weighted by Crippen LogP contribution is -2.59. The van der Waals surface area contributed by atoms with Gasteiger partial charge in [-0.2, -0.15) is 0 Å². The van der Waals surface area contributed by atoms with Crippen LogP contribution in [0, 0.1) is 0 Å². The summed E-state index contributed by atoms with van der Waals surface area (Å²) < 4.78 is 0. The van der Waals surface area contributed by atoms with Crippen molar-refractivity contribution in [1.82, 2.24) is 9.88 Å². The first-order valence-corrected chi connectivity index (χ1v) is 11.8. The largest absolute Gasteiger partial charge is 0.396 e. The van der Waals surface area contributed by atoms with Crippen LogP contribution in [0.1, 0.15) is 59.3 Å². The Morgan fingerprint density at radius 2 is 1.87 bits per heavy atom. The van der Waals surface area contributed by atoms with Gasteiger partial charge >= 0.3 is 0 Å². The Hall–Kier alpha value is -0.883. The molecule has 2 N–H and O–H groups in total. The third kappa shape index (κ3) is 5.60. The molecule has 0 bridgehead atoms. The molecule has 0 aromatic rings. The maximum atomic E-state index is 12.7. The van der Waals surface area contributed by atoms with Crippen LogP contribution in [0.3, 0.4) is 0 Å². The third-order valence-corrected chi connectivity index (χ3v) is 9.86. The minimum absolute atomic E-state index is 0.0257. The molecule has 0 spiro atoms. The smallest absolute Gasteiger partial charge is 0.235 e. The minimum Gasteiger partial charge on any atom is -0.396 e. The SMILES string of the molecule is CC(C)(C)[Si](C)(C)NC(=O)[C@@H]1CCCN1C(=O)CCCCCO. The third-order valence-electron chi connectivity index (χ3n) is 5.24. The van der Waals surface area contributed by atoms with Crippen LogP contribution >= 0.6 is 0 Å². The Bertz CT molecular complexity index is 419. The molecular weight excluding hydrogens is 308 g/mol. The van der Waals surface area contributed by atoms with Crippen molar-refractivity contribution in [2.75, 3.05) is 13.2 Å². The van der Waals surface area contributed by atoms with Crippen molar-refractivity contribution in [3.63, 3.8) is 0 Å². The van der Waals surface area contributed by atoms with Crippen LogP contribution in [0.15, 0.2) is 0 Å². The zero-order chi connectivity index (χ0) is 17.7.